The number of carbonyl (C=O) groups excluding carboxylic acids is 3. The number of hydrogen-bond donors (Lipinski definition) is 1. The predicted molar refractivity (Wildman–Crippen MR) is 160 cm³/mol. The van der Waals surface area contributed by atoms with Gasteiger partial charge >= 0.3 is 0 Å². The Morgan fingerprint density at radius 3 is 2.54 bits per heavy atom. The van der Waals surface area contributed by atoms with Crippen molar-refractivity contribution >= 4 is 74.8 Å². The van der Waals surface area contributed by atoms with Crippen molar-refractivity contribution < 1.29 is 28.6 Å². The van der Waals surface area contributed by atoms with Gasteiger partial charge in [-0.2, -0.15) is 0 Å². The highest BCUT2D eigenvalue weighted by Crippen LogP contribution is 2.38. The number of thioether (sulfide) groups is 1. The van der Waals surface area contributed by atoms with Crippen LogP contribution in [-0.2, 0) is 16.2 Å². The second kappa shape index (κ2) is 13.2. The van der Waals surface area contributed by atoms with Gasteiger partial charge in [0.1, 0.15) is 18.9 Å². The number of amides is 3. The van der Waals surface area contributed by atoms with E-state index in [9.17, 15) is 14.4 Å². The first kappa shape index (κ1) is 28.8. The fourth-order valence-electron chi connectivity index (χ4n) is 3.68. The van der Waals surface area contributed by atoms with E-state index in [1.807, 2.05) is 43.3 Å². The lowest BCUT2D eigenvalue weighted by atomic mass is 10.1. The molecule has 0 spiro atoms. The number of nitrogens with one attached hydrogen (secondary N) is 1. The first-order valence-electron chi connectivity index (χ1n) is 11.8. The molecule has 0 saturated carbocycles. The number of methoxy groups -OCH3 is 1. The van der Waals surface area contributed by atoms with Gasteiger partial charge in [-0.3, -0.25) is 19.3 Å². The molecule has 0 bridgehead atoms. The van der Waals surface area contributed by atoms with Crippen LogP contribution in [-0.4, -0.2) is 42.2 Å². The molecule has 1 fully saturated rings. The Kier molecular flexibility index (Phi) is 9.76. The van der Waals surface area contributed by atoms with E-state index in [0.717, 1.165) is 25.8 Å². The van der Waals surface area contributed by atoms with Crippen LogP contribution in [0.3, 0.4) is 0 Å². The number of rotatable bonds is 10. The van der Waals surface area contributed by atoms with Crippen molar-refractivity contribution in [1.29, 1.82) is 0 Å². The second-order valence-corrected chi connectivity index (χ2v) is 10.8. The average molecular weight is 679 g/mol. The normalized spacial score (nSPS) is 14.1. The summed E-state index contributed by atoms with van der Waals surface area (Å²) < 4.78 is 17.8. The molecule has 1 N–H and O–H groups in total. The molecule has 8 nitrogen and oxygen atoms in total. The lowest BCUT2D eigenvalue weighted by Gasteiger charge is -2.15. The highest BCUT2D eigenvalue weighted by atomic mass is 127. The average Bonchev–Trinajstić information content (AvgIpc) is 3.16. The van der Waals surface area contributed by atoms with E-state index in [2.05, 4.69) is 27.9 Å². The van der Waals surface area contributed by atoms with Crippen LogP contribution in [0.4, 0.5) is 10.5 Å². The van der Waals surface area contributed by atoms with Gasteiger partial charge < -0.3 is 19.5 Å². The van der Waals surface area contributed by atoms with Crippen molar-refractivity contribution in [1.82, 2.24) is 4.90 Å². The van der Waals surface area contributed by atoms with Crippen LogP contribution in [0.2, 0.25) is 5.02 Å². The molecule has 0 atom stereocenters. The Bertz CT molecular complexity index is 1430. The van der Waals surface area contributed by atoms with Crippen molar-refractivity contribution in [3.63, 3.8) is 0 Å². The lowest BCUT2D eigenvalue weighted by molar-refractivity contribution is -0.127. The summed E-state index contributed by atoms with van der Waals surface area (Å²) in [6.45, 7) is 2.24. The SMILES string of the molecule is CCOc1cc(/C=C2/SC(=O)N(CC(=O)Nc3ccc(OC)c(Cl)c3)C2=O)cc(I)c1OCc1ccccc1. The van der Waals surface area contributed by atoms with Gasteiger partial charge in [0.15, 0.2) is 11.5 Å². The van der Waals surface area contributed by atoms with Crippen LogP contribution in [0, 0.1) is 3.57 Å². The maximum absolute atomic E-state index is 13.0. The molecule has 1 heterocycles. The standard InChI is InChI=1S/C28H24ClIN2O6S/c1-3-37-23-12-18(11-21(30)26(23)38-16-17-7-5-4-6-8-17)13-24-27(34)32(28(35)39-24)15-25(33)31-19-9-10-22(36-2)20(29)14-19/h4-14H,3,15-16H2,1-2H3,(H,31,33)/b24-13+. The zero-order chi connectivity index (χ0) is 27.9. The smallest absolute Gasteiger partial charge is 0.294 e. The number of nitrogens with zero attached hydrogens (tertiary/aromatic N) is 1. The van der Waals surface area contributed by atoms with Gasteiger partial charge in [-0.15, -0.1) is 0 Å². The van der Waals surface area contributed by atoms with Gasteiger partial charge in [0.2, 0.25) is 5.91 Å². The summed E-state index contributed by atoms with van der Waals surface area (Å²) >= 11 is 9.03. The Hall–Kier alpha value is -3.22. The minimum absolute atomic E-state index is 0.205. The summed E-state index contributed by atoms with van der Waals surface area (Å²) in [7, 11) is 1.49. The van der Waals surface area contributed by atoms with E-state index in [0.29, 0.717) is 46.7 Å². The zero-order valence-corrected chi connectivity index (χ0v) is 24.8. The Labute approximate surface area is 248 Å². The van der Waals surface area contributed by atoms with E-state index in [1.165, 1.54) is 13.2 Å². The van der Waals surface area contributed by atoms with Crippen LogP contribution in [0.1, 0.15) is 18.1 Å². The zero-order valence-electron chi connectivity index (χ0n) is 21.0. The molecule has 1 aliphatic heterocycles. The van der Waals surface area contributed by atoms with E-state index < -0.39 is 23.6 Å². The minimum atomic E-state index is -0.551. The number of imide groups is 1. The number of ether oxygens (including phenoxy) is 3. The number of carbonyl (C=O) groups is 3. The Balaban J connectivity index is 1.47. The molecule has 3 aromatic carbocycles. The predicted octanol–water partition coefficient (Wildman–Crippen LogP) is 6.61. The molecule has 3 aromatic rings. The molecular weight excluding hydrogens is 655 g/mol. The number of hydrogen-bond acceptors (Lipinski definition) is 7. The topological polar surface area (TPSA) is 94.2 Å². The van der Waals surface area contributed by atoms with Gasteiger partial charge in [-0.25, -0.2) is 0 Å². The largest absolute Gasteiger partial charge is 0.495 e. The van der Waals surface area contributed by atoms with Gasteiger partial charge in [-0.1, -0.05) is 41.9 Å². The molecule has 1 aliphatic rings. The molecule has 1 saturated heterocycles. The number of halogens is 2. The Morgan fingerprint density at radius 1 is 1.08 bits per heavy atom. The minimum Gasteiger partial charge on any atom is -0.495 e. The molecule has 0 aliphatic carbocycles. The van der Waals surface area contributed by atoms with E-state index in [1.54, 1.807) is 24.3 Å². The number of anilines is 1. The van der Waals surface area contributed by atoms with Crippen molar-refractivity contribution in [2.75, 3.05) is 25.6 Å². The first-order chi connectivity index (χ1) is 18.8. The summed E-state index contributed by atoms with van der Waals surface area (Å²) in [5, 5.41) is 2.43. The number of benzene rings is 3. The molecule has 11 heteroatoms. The highest BCUT2D eigenvalue weighted by Gasteiger charge is 2.36. The van der Waals surface area contributed by atoms with Crippen molar-refractivity contribution in [3.8, 4) is 17.2 Å². The van der Waals surface area contributed by atoms with Gasteiger partial charge in [0.05, 0.1) is 27.2 Å². The van der Waals surface area contributed by atoms with E-state index >= 15 is 0 Å². The van der Waals surface area contributed by atoms with Crippen LogP contribution < -0.4 is 19.5 Å². The van der Waals surface area contributed by atoms with E-state index in [-0.39, 0.29) is 4.91 Å². The fourth-order valence-corrected chi connectivity index (χ4v) is 5.56. The lowest BCUT2D eigenvalue weighted by Crippen LogP contribution is -2.36. The summed E-state index contributed by atoms with van der Waals surface area (Å²) in [6, 6.07) is 18.1. The molecule has 3 amide bonds. The third-order valence-corrected chi connectivity index (χ3v) is 7.47. The quantitative estimate of drug-likeness (QED) is 0.191. The first-order valence-corrected chi connectivity index (χ1v) is 14.1. The van der Waals surface area contributed by atoms with Gasteiger partial charge in [0.25, 0.3) is 11.1 Å². The van der Waals surface area contributed by atoms with E-state index in [4.69, 9.17) is 25.8 Å². The summed E-state index contributed by atoms with van der Waals surface area (Å²) in [6.07, 6.45) is 1.61. The maximum atomic E-state index is 13.0. The van der Waals surface area contributed by atoms with Crippen LogP contribution in [0.15, 0.2) is 65.6 Å². The molecule has 39 heavy (non-hydrogen) atoms. The fraction of sp³-hybridized carbons (Fsp3) is 0.179. The second-order valence-electron chi connectivity index (χ2n) is 8.20. The molecule has 0 radical (unpaired) electrons. The Morgan fingerprint density at radius 2 is 1.85 bits per heavy atom. The third kappa shape index (κ3) is 7.25. The van der Waals surface area contributed by atoms with Gasteiger partial charge in [0, 0.05) is 5.69 Å². The molecular formula is C28H24ClIN2O6S. The molecule has 0 unspecified atom stereocenters. The summed E-state index contributed by atoms with van der Waals surface area (Å²) in [4.78, 5) is 39.3. The maximum Gasteiger partial charge on any atom is 0.294 e. The molecule has 0 aromatic heterocycles. The molecule has 4 rings (SSSR count). The monoisotopic (exact) mass is 678 g/mol. The van der Waals surface area contributed by atoms with Crippen LogP contribution >= 0.6 is 46.0 Å². The third-order valence-electron chi connectivity index (χ3n) is 5.47. The van der Waals surface area contributed by atoms with Gasteiger partial charge in [-0.05, 0) is 88.8 Å². The van der Waals surface area contributed by atoms with Crippen molar-refractivity contribution in [2.45, 2.75) is 13.5 Å². The van der Waals surface area contributed by atoms with Crippen molar-refractivity contribution in [3.05, 3.63) is 85.3 Å². The van der Waals surface area contributed by atoms with Crippen molar-refractivity contribution in [2.24, 2.45) is 0 Å². The summed E-state index contributed by atoms with van der Waals surface area (Å²) in [5.74, 6) is 0.507. The summed E-state index contributed by atoms with van der Waals surface area (Å²) in [5.41, 5.74) is 2.10. The highest BCUT2D eigenvalue weighted by molar-refractivity contribution is 14.1. The molecule has 202 valence electrons. The van der Waals surface area contributed by atoms with Crippen LogP contribution in [0.25, 0.3) is 6.08 Å². The van der Waals surface area contributed by atoms with Crippen LogP contribution in [0.5, 0.6) is 17.2 Å².